The summed E-state index contributed by atoms with van der Waals surface area (Å²) in [4.78, 5) is 32.3. The van der Waals surface area contributed by atoms with Crippen LogP contribution in [0.5, 0.6) is 0 Å². The number of nitrogens with zero attached hydrogens (tertiary/aromatic N) is 2. The molecule has 1 aromatic carbocycles. The molecular formula is C19H19N3O4S. The molecule has 8 heteroatoms. The highest BCUT2D eigenvalue weighted by Crippen LogP contribution is 2.33. The Morgan fingerprint density at radius 1 is 1.33 bits per heavy atom. The molecule has 1 N–H and O–H groups in total. The van der Waals surface area contributed by atoms with E-state index in [2.05, 4.69) is 15.3 Å². The summed E-state index contributed by atoms with van der Waals surface area (Å²) in [7, 11) is 0. The number of esters is 1. The normalized spacial score (nSPS) is 15.0. The summed E-state index contributed by atoms with van der Waals surface area (Å²) in [6.07, 6.45) is 3.74. The zero-order valence-electron chi connectivity index (χ0n) is 14.8. The molecule has 3 aromatic rings. The number of nitrogens with one attached hydrogen (secondary N) is 1. The lowest BCUT2D eigenvalue weighted by Gasteiger charge is -2.12. The van der Waals surface area contributed by atoms with Crippen LogP contribution < -0.4 is 5.32 Å². The van der Waals surface area contributed by atoms with Gasteiger partial charge in [-0.2, -0.15) is 0 Å². The summed E-state index contributed by atoms with van der Waals surface area (Å²) in [6.45, 7) is 1.71. The minimum atomic E-state index is -0.475. The number of hydrogen-bond acceptors (Lipinski definition) is 7. The zero-order chi connectivity index (χ0) is 18.8. The molecule has 4 rings (SSSR count). The molecule has 1 aliphatic rings. The average molecular weight is 385 g/mol. The monoisotopic (exact) mass is 385 g/mol. The maximum atomic E-state index is 12.0. The molecular weight excluding hydrogens is 366 g/mol. The molecule has 2 aromatic heterocycles. The van der Waals surface area contributed by atoms with Gasteiger partial charge in [0.25, 0.3) is 5.91 Å². The summed E-state index contributed by atoms with van der Waals surface area (Å²) in [5.41, 5.74) is 1.98. The van der Waals surface area contributed by atoms with Gasteiger partial charge in [-0.25, -0.2) is 9.97 Å². The molecule has 2 heterocycles. The fourth-order valence-electron chi connectivity index (χ4n) is 2.93. The second-order valence-electron chi connectivity index (χ2n) is 6.60. The SMILES string of the molecule is C[C@@H](NC(=O)COC(=O)CSc1ncnc2c1oc1ccccc12)C1CC1. The topological polar surface area (TPSA) is 94.3 Å². The van der Waals surface area contributed by atoms with Gasteiger partial charge in [-0.15, -0.1) is 0 Å². The predicted molar refractivity (Wildman–Crippen MR) is 101 cm³/mol. The van der Waals surface area contributed by atoms with Crippen LogP contribution in [0.25, 0.3) is 22.1 Å². The van der Waals surface area contributed by atoms with Gasteiger partial charge < -0.3 is 14.5 Å². The Morgan fingerprint density at radius 2 is 2.15 bits per heavy atom. The summed E-state index contributed by atoms with van der Waals surface area (Å²) in [5, 5.41) is 4.32. The lowest BCUT2D eigenvalue weighted by molar-refractivity contribution is -0.146. The van der Waals surface area contributed by atoms with Crippen LogP contribution in [0.4, 0.5) is 0 Å². The van der Waals surface area contributed by atoms with Crippen LogP contribution in [0.2, 0.25) is 0 Å². The van der Waals surface area contributed by atoms with Gasteiger partial charge in [-0.1, -0.05) is 23.9 Å². The van der Waals surface area contributed by atoms with E-state index in [0.717, 1.165) is 23.8 Å². The van der Waals surface area contributed by atoms with Crippen LogP contribution >= 0.6 is 11.8 Å². The van der Waals surface area contributed by atoms with Crippen LogP contribution in [0.3, 0.4) is 0 Å². The summed E-state index contributed by atoms with van der Waals surface area (Å²) < 4.78 is 10.9. The predicted octanol–water partition coefficient (Wildman–Crippen LogP) is 2.93. The molecule has 0 aliphatic heterocycles. The first-order valence-electron chi connectivity index (χ1n) is 8.82. The molecule has 1 saturated carbocycles. The number of ether oxygens (including phenoxy) is 1. The molecule has 27 heavy (non-hydrogen) atoms. The highest BCUT2D eigenvalue weighted by Gasteiger charge is 2.29. The third kappa shape index (κ3) is 4.05. The Morgan fingerprint density at radius 3 is 2.96 bits per heavy atom. The fraction of sp³-hybridized carbons (Fsp3) is 0.368. The van der Waals surface area contributed by atoms with Crippen LogP contribution in [-0.4, -0.2) is 40.2 Å². The van der Waals surface area contributed by atoms with Gasteiger partial charge in [0.1, 0.15) is 22.5 Å². The van der Waals surface area contributed by atoms with E-state index in [1.807, 2.05) is 31.2 Å². The number of fused-ring (bicyclic) bond motifs is 3. The van der Waals surface area contributed by atoms with Gasteiger partial charge in [-0.05, 0) is 37.8 Å². The maximum Gasteiger partial charge on any atom is 0.316 e. The molecule has 0 spiro atoms. The number of furan rings is 1. The highest BCUT2D eigenvalue weighted by atomic mass is 32.2. The van der Waals surface area contributed by atoms with Crippen molar-refractivity contribution in [2.45, 2.75) is 30.8 Å². The summed E-state index contributed by atoms with van der Waals surface area (Å²) in [5.74, 6) is -0.148. The number of amides is 1. The third-order valence-corrected chi connectivity index (χ3v) is 5.48. The van der Waals surface area contributed by atoms with Gasteiger partial charge in [-0.3, -0.25) is 9.59 Å². The van der Waals surface area contributed by atoms with Crippen molar-refractivity contribution in [2.75, 3.05) is 12.4 Å². The van der Waals surface area contributed by atoms with E-state index in [-0.39, 0.29) is 24.3 Å². The Balaban J connectivity index is 1.34. The van der Waals surface area contributed by atoms with Gasteiger partial charge >= 0.3 is 5.97 Å². The number of carbonyl (C=O) groups is 2. The lowest BCUT2D eigenvalue weighted by Crippen LogP contribution is -2.37. The van der Waals surface area contributed by atoms with Crippen LogP contribution in [0.15, 0.2) is 40.0 Å². The van der Waals surface area contributed by atoms with Crippen LogP contribution in [0.1, 0.15) is 19.8 Å². The molecule has 7 nitrogen and oxygen atoms in total. The van der Waals surface area contributed by atoms with E-state index >= 15 is 0 Å². The van der Waals surface area contributed by atoms with Crippen molar-refractivity contribution in [3.8, 4) is 0 Å². The molecule has 1 aliphatic carbocycles. The second kappa shape index (κ2) is 7.56. The van der Waals surface area contributed by atoms with Crippen molar-refractivity contribution < 1.29 is 18.7 Å². The first-order valence-corrected chi connectivity index (χ1v) is 9.80. The standard InChI is InChI=1S/C19H19N3O4S/c1-11(12-6-7-12)22-15(23)8-25-16(24)9-27-19-18-17(20-10-21-19)13-4-2-3-5-14(13)26-18/h2-5,10-12H,6-9H2,1H3,(H,22,23)/t11-/m1/s1. The van der Waals surface area contributed by atoms with Crippen molar-refractivity contribution in [1.82, 2.24) is 15.3 Å². The maximum absolute atomic E-state index is 12.0. The van der Waals surface area contributed by atoms with E-state index in [1.165, 1.54) is 18.1 Å². The molecule has 1 atom stereocenters. The van der Waals surface area contributed by atoms with Crippen molar-refractivity contribution >= 4 is 45.7 Å². The van der Waals surface area contributed by atoms with E-state index < -0.39 is 5.97 Å². The first kappa shape index (κ1) is 17.8. The van der Waals surface area contributed by atoms with Gasteiger partial charge in [0.2, 0.25) is 0 Å². The average Bonchev–Trinajstić information content (AvgIpc) is 3.45. The number of rotatable bonds is 7. The fourth-order valence-corrected chi connectivity index (χ4v) is 3.66. The van der Waals surface area contributed by atoms with Gasteiger partial charge in [0.15, 0.2) is 12.2 Å². The van der Waals surface area contributed by atoms with Gasteiger partial charge in [0.05, 0.1) is 5.75 Å². The Kier molecular flexibility index (Phi) is 4.98. The number of carbonyl (C=O) groups excluding carboxylic acids is 2. The van der Waals surface area contributed by atoms with Crippen LogP contribution in [0, 0.1) is 5.92 Å². The number of benzene rings is 1. The minimum absolute atomic E-state index is 0.0363. The Hall–Kier alpha value is -2.61. The molecule has 0 saturated heterocycles. The molecule has 0 bridgehead atoms. The molecule has 140 valence electrons. The number of thioether (sulfide) groups is 1. The number of hydrogen-bond donors (Lipinski definition) is 1. The van der Waals surface area contributed by atoms with Crippen molar-refractivity contribution in [3.05, 3.63) is 30.6 Å². The van der Waals surface area contributed by atoms with Crippen LogP contribution in [-0.2, 0) is 14.3 Å². The molecule has 1 fully saturated rings. The van der Waals surface area contributed by atoms with E-state index in [1.54, 1.807) is 0 Å². The molecule has 0 unspecified atom stereocenters. The van der Waals surface area contributed by atoms with E-state index in [0.29, 0.717) is 22.0 Å². The number of aromatic nitrogens is 2. The quantitative estimate of drug-likeness (QED) is 0.380. The number of para-hydroxylation sites is 1. The first-order chi connectivity index (χ1) is 13.1. The van der Waals surface area contributed by atoms with Crippen molar-refractivity contribution in [1.29, 1.82) is 0 Å². The van der Waals surface area contributed by atoms with E-state index in [4.69, 9.17) is 9.15 Å². The minimum Gasteiger partial charge on any atom is -0.455 e. The summed E-state index contributed by atoms with van der Waals surface area (Å²) in [6, 6.07) is 7.72. The van der Waals surface area contributed by atoms with E-state index in [9.17, 15) is 9.59 Å². The van der Waals surface area contributed by atoms with Gasteiger partial charge in [0, 0.05) is 11.4 Å². The lowest BCUT2D eigenvalue weighted by atomic mass is 10.2. The Labute approximate surface area is 159 Å². The largest absolute Gasteiger partial charge is 0.455 e. The summed E-state index contributed by atoms with van der Waals surface area (Å²) >= 11 is 1.20. The smallest absolute Gasteiger partial charge is 0.316 e. The third-order valence-electron chi connectivity index (χ3n) is 4.53. The van der Waals surface area contributed by atoms with Crippen molar-refractivity contribution in [3.63, 3.8) is 0 Å². The molecule has 0 radical (unpaired) electrons. The highest BCUT2D eigenvalue weighted by molar-refractivity contribution is 8.00. The second-order valence-corrected chi connectivity index (χ2v) is 7.56. The zero-order valence-corrected chi connectivity index (χ0v) is 15.6. The Bertz CT molecular complexity index is 999. The van der Waals surface area contributed by atoms with Crippen molar-refractivity contribution in [2.24, 2.45) is 5.92 Å². The molecule has 1 amide bonds.